The highest BCUT2D eigenvalue weighted by molar-refractivity contribution is 5.27. The van der Waals surface area contributed by atoms with Crippen molar-refractivity contribution in [2.24, 2.45) is 0 Å². The summed E-state index contributed by atoms with van der Waals surface area (Å²) in [6.07, 6.45) is 0. The molecule has 0 atom stereocenters. The van der Waals surface area contributed by atoms with E-state index in [-0.39, 0.29) is 0 Å². The lowest BCUT2D eigenvalue weighted by Crippen LogP contribution is -2.02. The molecule has 1 heterocycles. The fraction of sp³-hybridized carbons (Fsp3) is 0.571. The molecule has 3 nitrogen and oxygen atoms in total. The van der Waals surface area contributed by atoms with Gasteiger partial charge in [-0.05, 0) is 20.8 Å². The average molecular weight is 139 g/mol. The zero-order valence-electron chi connectivity index (χ0n) is 6.68. The molecule has 10 heavy (non-hydrogen) atoms. The van der Waals surface area contributed by atoms with Gasteiger partial charge in [0, 0.05) is 12.2 Å². The SMILES string of the molecule is CCn1c(N)nc(C)c1C. The molecule has 0 spiro atoms. The van der Waals surface area contributed by atoms with Crippen LogP contribution in [-0.4, -0.2) is 9.55 Å². The second-order valence-electron chi connectivity index (χ2n) is 2.39. The number of nitrogens with two attached hydrogens (primary N) is 1. The Morgan fingerprint density at radius 3 is 2.30 bits per heavy atom. The Labute approximate surface area is 60.9 Å². The molecule has 0 aromatic carbocycles. The predicted octanol–water partition coefficient (Wildman–Crippen LogP) is 1.10. The minimum atomic E-state index is 0.623. The van der Waals surface area contributed by atoms with E-state index >= 15 is 0 Å². The van der Waals surface area contributed by atoms with Crippen LogP contribution in [0.25, 0.3) is 0 Å². The molecular weight excluding hydrogens is 126 g/mol. The van der Waals surface area contributed by atoms with E-state index in [1.807, 2.05) is 18.4 Å². The molecule has 0 saturated heterocycles. The third-order valence-corrected chi connectivity index (χ3v) is 1.80. The first-order valence-corrected chi connectivity index (χ1v) is 3.46. The number of nitrogens with zero attached hydrogens (tertiary/aromatic N) is 2. The van der Waals surface area contributed by atoms with Crippen LogP contribution in [0.2, 0.25) is 0 Å². The molecule has 1 rings (SSSR count). The Morgan fingerprint density at radius 1 is 1.50 bits per heavy atom. The van der Waals surface area contributed by atoms with Gasteiger partial charge in [0.05, 0.1) is 5.69 Å². The number of nitrogen functional groups attached to an aromatic ring is 1. The second-order valence-corrected chi connectivity index (χ2v) is 2.39. The average Bonchev–Trinajstić information content (AvgIpc) is 2.09. The van der Waals surface area contributed by atoms with Crippen molar-refractivity contribution >= 4 is 5.95 Å². The van der Waals surface area contributed by atoms with E-state index in [2.05, 4.69) is 11.9 Å². The number of rotatable bonds is 1. The standard InChI is InChI=1S/C7H13N3/c1-4-10-6(3)5(2)9-7(10)8/h4H2,1-3H3,(H2,8,9). The predicted molar refractivity (Wildman–Crippen MR) is 41.8 cm³/mol. The van der Waals surface area contributed by atoms with Gasteiger partial charge in [-0.25, -0.2) is 4.98 Å². The largest absolute Gasteiger partial charge is 0.369 e. The minimum absolute atomic E-state index is 0.623. The van der Waals surface area contributed by atoms with Gasteiger partial charge >= 0.3 is 0 Å². The van der Waals surface area contributed by atoms with Crippen molar-refractivity contribution in [2.45, 2.75) is 27.3 Å². The second kappa shape index (κ2) is 2.33. The molecule has 0 radical (unpaired) electrons. The van der Waals surface area contributed by atoms with Crippen LogP contribution in [-0.2, 0) is 6.54 Å². The fourth-order valence-corrected chi connectivity index (χ4v) is 1.08. The first-order valence-electron chi connectivity index (χ1n) is 3.46. The van der Waals surface area contributed by atoms with Crippen LogP contribution in [0.1, 0.15) is 18.3 Å². The normalized spacial score (nSPS) is 10.3. The van der Waals surface area contributed by atoms with Gasteiger partial charge in [0.1, 0.15) is 0 Å². The van der Waals surface area contributed by atoms with Gasteiger partial charge in [0.25, 0.3) is 0 Å². The molecule has 2 N–H and O–H groups in total. The van der Waals surface area contributed by atoms with Crippen LogP contribution in [0.4, 0.5) is 5.95 Å². The number of hydrogen-bond acceptors (Lipinski definition) is 2. The van der Waals surface area contributed by atoms with Crippen molar-refractivity contribution in [3.63, 3.8) is 0 Å². The van der Waals surface area contributed by atoms with Crippen LogP contribution in [0.15, 0.2) is 0 Å². The van der Waals surface area contributed by atoms with Crippen molar-refractivity contribution < 1.29 is 0 Å². The molecule has 0 saturated carbocycles. The van der Waals surface area contributed by atoms with Gasteiger partial charge in [-0.3, -0.25) is 0 Å². The van der Waals surface area contributed by atoms with Crippen molar-refractivity contribution in [3.8, 4) is 0 Å². The summed E-state index contributed by atoms with van der Waals surface area (Å²) in [5.74, 6) is 0.623. The van der Waals surface area contributed by atoms with Crippen LogP contribution in [0.3, 0.4) is 0 Å². The minimum Gasteiger partial charge on any atom is -0.369 e. The summed E-state index contributed by atoms with van der Waals surface area (Å²) in [7, 11) is 0. The van der Waals surface area contributed by atoms with E-state index in [1.54, 1.807) is 0 Å². The molecule has 0 aliphatic carbocycles. The summed E-state index contributed by atoms with van der Waals surface area (Å²) in [6.45, 7) is 6.96. The van der Waals surface area contributed by atoms with Crippen LogP contribution in [0, 0.1) is 13.8 Å². The first kappa shape index (κ1) is 7.12. The number of hydrogen-bond donors (Lipinski definition) is 1. The van der Waals surface area contributed by atoms with E-state index in [0.717, 1.165) is 12.2 Å². The fourth-order valence-electron chi connectivity index (χ4n) is 1.08. The number of anilines is 1. The number of aryl methyl sites for hydroxylation is 1. The number of aromatic nitrogens is 2. The topological polar surface area (TPSA) is 43.8 Å². The monoisotopic (exact) mass is 139 g/mol. The molecular formula is C7H13N3. The van der Waals surface area contributed by atoms with Crippen molar-refractivity contribution in [1.29, 1.82) is 0 Å². The Bertz CT molecular complexity index is 237. The lowest BCUT2D eigenvalue weighted by Gasteiger charge is -2.00. The maximum absolute atomic E-state index is 5.60. The van der Waals surface area contributed by atoms with Crippen LogP contribution in [0.5, 0.6) is 0 Å². The van der Waals surface area contributed by atoms with Crippen LogP contribution >= 0.6 is 0 Å². The van der Waals surface area contributed by atoms with E-state index in [9.17, 15) is 0 Å². The smallest absolute Gasteiger partial charge is 0.200 e. The highest BCUT2D eigenvalue weighted by atomic mass is 15.2. The third-order valence-electron chi connectivity index (χ3n) is 1.80. The zero-order valence-corrected chi connectivity index (χ0v) is 6.68. The van der Waals surface area contributed by atoms with Crippen molar-refractivity contribution in [2.75, 3.05) is 5.73 Å². The van der Waals surface area contributed by atoms with Crippen molar-refractivity contribution in [1.82, 2.24) is 9.55 Å². The summed E-state index contributed by atoms with van der Waals surface area (Å²) < 4.78 is 2.00. The highest BCUT2D eigenvalue weighted by Crippen LogP contribution is 2.10. The van der Waals surface area contributed by atoms with E-state index in [4.69, 9.17) is 5.73 Å². The van der Waals surface area contributed by atoms with Gasteiger partial charge in [-0.15, -0.1) is 0 Å². The lowest BCUT2D eigenvalue weighted by molar-refractivity contribution is 0.748. The summed E-state index contributed by atoms with van der Waals surface area (Å²) >= 11 is 0. The van der Waals surface area contributed by atoms with Gasteiger partial charge in [-0.2, -0.15) is 0 Å². The Morgan fingerprint density at radius 2 is 2.10 bits per heavy atom. The maximum atomic E-state index is 5.60. The van der Waals surface area contributed by atoms with E-state index in [1.165, 1.54) is 5.69 Å². The Balaban J connectivity index is 3.20. The molecule has 0 aliphatic heterocycles. The summed E-state index contributed by atoms with van der Waals surface area (Å²) in [6, 6.07) is 0. The van der Waals surface area contributed by atoms with Gasteiger partial charge in [0.2, 0.25) is 5.95 Å². The molecule has 0 aliphatic rings. The number of imidazole rings is 1. The van der Waals surface area contributed by atoms with Gasteiger partial charge < -0.3 is 10.3 Å². The Hall–Kier alpha value is -0.990. The lowest BCUT2D eigenvalue weighted by atomic mass is 10.4. The van der Waals surface area contributed by atoms with Crippen LogP contribution < -0.4 is 5.73 Å². The molecule has 0 fully saturated rings. The van der Waals surface area contributed by atoms with Crippen molar-refractivity contribution in [3.05, 3.63) is 11.4 Å². The van der Waals surface area contributed by atoms with Gasteiger partial charge in [-0.1, -0.05) is 0 Å². The molecule has 56 valence electrons. The van der Waals surface area contributed by atoms with Gasteiger partial charge in [0.15, 0.2) is 0 Å². The molecule has 3 heteroatoms. The molecule has 0 bridgehead atoms. The summed E-state index contributed by atoms with van der Waals surface area (Å²) in [4.78, 5) is 4.12. The Kier molecular flexibility index (Phi) is 1.66. The third kappa shape index (κ3) is 0.875. The summed E-state index contributed by atoms with van der Waals surface area (Å²) in [5.41, 5.74) is 7.80. The zero-order chi connectivity index (χ0) is 7.72. The van der Waals surface area contributed by atoms with E-state index in [0.29, 0.717) is 5.95 Å². The molecule has 1 aromatic heterocycles. The quantitative estimate of drug-likeness (QED) is 0.633. The summed E-state index contributed by atoms with van der Waals surface area (Å²) in [5, 5.41) is 0. The molecule has 1 aromatic rings. The molecule has 0 unspecified atom stereocenters. The van der Waals surface area contributed by atoms with E-state index < -0.39 is 0 Å². The highest BCUT2D eigenvalue weighted by Gasteiger charge is 2.04. The molecule has 0 amide bonds. The maximum Gasteiger partial charge on any atom is 0.200 e. The first-order chi connectivity index (χ1) is 4.66.